The highest BCUT2D eigenvalue weighted by Gasteiger charge is 2.37. The molecule has 0 atom stereocenters. The van der Waals surface area contributed by atoms with E-state index in [-0.39, 0.29) is 22.4 Å². The van der Waals surface area contributed by atoms with Crippen LogP contribution in [-0.4, -0.2) is 11.8 Å². The van der Waals surface area contributed by atoms with Gasteiger partial charge in [-0.05, 0) is 37.3 Å². The van der Waals surface area contributed by atoms with E-state index in [0.717, 1.165) is 4.90 Å². The number of benzene rings is 2. The lowest BCUT2D eigenvalue weighted by atomic mass is 10.1. The molecule has 100 valence electrons. The van der Waals surface area contributed by atoms with Crippen molar-refractivity contribution in [2.75, 3.05) is 10.6 Å². The predicted molar refractivity (Wildman–Crippen MR) is 73.1 cm³/mol. The van der Waals surface area contributed by atoms with Crippen molar-refractivity contribution in [3.8, 4) is 0 Å². The molecule has 0 radical (unpaired) electrons. The van der Waals surface area contributed by atoms with E-state index >= 15 is 0 Å². The molecule has 2 aromatic rings. The Labute approximate surface area is 114 Å². The van der Waals surface area contributed by atoms with Crippen molar-refractivity contribution >= 4 is 23.2 Å². The topological polar surface area (TPSA) is 63.4 Å². The fourth-order valence-corrected chi connectivity index (χ4v) is 2.32. The van der Waals surface area contributed by atoms with Gasteiger partial charge < -0.3 is 5.73 Å². The summed E-state index contributed by atoms with van der Waals surface area (Å²) in [6, 6.07) is 8.84. The van der Waals surface area contributed by atoms with Gasteiger partial charge in [-0.15, -0.1) is 0 Å². The van der Waals surface area contributed by atoms with Crippen molar-refractivity contribution in [3.05, 3.63) is 58.9 Å². The van der Waals surface area contributed by atoms with Gasteiger partial charge in [0.25, 0.3) is 11.8 Å². The van der Waals surface area contributed by atoms with Crippen LogP contribution in [0.2, 0.25) is 0 Å². The molecule has 1 aliphatic heterocycles. The van der Waals surface area contributed by atoms with Crippen molar-refractivity contribution in [1.82, 2.24) is 0 Å². The van der Waals surface area contributed by atoms with E-state index < -0.39 is 17.6 Å². The molecule has 2 N–H and O–H groups in total. The molecule has 0 aromatic heterocycles. The zero-order chi connectivity index (χ0) is 14.4. The van der Waals surface area contributed by atoms with Crippen molar-refractivity contribution in [1.29, 1.82) is 0 Å². The first-order chi connectivity index (χ1) is 9.50. The van der Waals surface area contributed by atoms with E-state index in [4.69, 9.17) is 5.73 Å². The van der Waals surface area contributed by atoms with Crippen molar-refractivity contribution in [2.45, 2.75) is 6.92 Å². The Morgan fingerprint density at radius 3 is 2.50 bits per heavy atom. The quantitative estimate of drug-likeness (QED) is 0.639. The first-order valence-corrected chi connectivity index (χ1v) is 6.04. The molecule has 0 spiro atoms. The number of halogens is 1. The average molecular weight is 270 g/mol. The van der Waals surface area contributed by atoms with Gasteiger partial charge in [0, 0.05) is 11.3 Å². The Bertz CT molecular complexity index is 756. The van der Waals surface area contributed by atoms with Gasteiger partial charge in [0.05, 0.1) is 16.8 Å². The van der Waals surface area contributed by atoms with Gasteiger partial charge in [-0.3, -0.25) is 9.59 Å². The molecule has 0 aliphatic carbocycles. The maximum absolute atomic E-state index is 13.6. The fourth-order valence-electron chi connectivity index (χ4n) is 2.32. The highest BCUT2D eigenvalue weighted by Crippen LogP contribution is 2.32. The van der Waals surface area contributed by atoms with Crippen molar-refractivity contribution in [2.24, 2.45) is 0 Å². The summed E-state index contributed by atoms with van der Waals surface area (Å²) in [6.07, 6.45) is 0. The molecule has 2 aromatic carbocycles. The number of nitrogen functional groups attached to an aromatic ring is 1. The molecule has 5 heteroatoms. The van der Waals surface area contributed by atoms with Gasteiger partial charge >= 0.3 is 0 Å². The molecule has 0 fully saturated rings. The molecular weight excluding hydrogens is 259 g/mol. The van der Waals surface area contributed by atoms with Crippen molar-refractivity contribution < 1.29 is 14.0 Å². The zero-order valence-corrected chi connectivity index (χ0v) is 10.7. The number of imide groups is 1. The third-order valence-corrected chi connectivity index (χ3v) is 3.39. The van der Waals surface area contributed by atoms with Crippen LogP contribution < -0.4 is 10.6 Å². The van der Waals surface area contributed by atoms with Crippen LogP contribution in [0.3, 0.4) is 0 Å². The molecule has 3 rings (SSSR count). The normalized spacial score (nSPS) is 13.8. The standard InChI is InChI=1S/C15H11FN2O2/c1-8-12(16)3-2-4-13(8)18-14(19)10-6-5-9(17)7-11(10)15(18)20/h2-7H,17H2,1H3. The van der Waals surface area contributed by atoms with Crippen LogP contribution in [0.5, 0.6) is 0 Å². The van der Waals surface area contributed by atoms with E-state index in [9.17, 15) is 14.0 Å². The van der Waals surface area contributed by atoms with Gasteiger partial charge in [-0.1, -0.05) is 6.07 Å². The summed E-state index contributed by atoms with van der Waals surface area (Å²) in [5.74, 6) is -1.40. The number of carbonyl (C=O) groups excluding carboxylic acids is 2. The van der Waals surface area contributed by atoms with Crippen LogP contribution in [0, 0.1) is 12.7 Å². The van der Waals surface area contributed by atoms with E-state index in [0.29, 0.717) is 5.69 Å². The second-order valence-electron chi connectivity index (χ2n) is 4.63. The zero-order valence-electron chi connectivity index (χ0n) is 10.7. The highest BCUT2D eigenvalue weighted by atomic mass is 19.1. The SMILES string of the molecule is Cc1c(F)cccc1N1C(=O)c2ccc(N)cc2C1=O. The number of hydrogen-bond acceptors (Lipinski definition) is 3. The summed E-state index contributed by atoms with van der Waals surface area (Å²) < 4.78 is 13.6. The Hall–Kier alpha value is -2.69. The average Bonchev–Trinajstić information content (AvgIpc) is 2.65. The lowest BCUT2D eigenvalue weighted by Gasteiger charge is -2.16. The maximum Gasteiger partial charge on any atom is 0.266 e. The van der Waals surface area contributed by atoms with Crippen LogP contribution in [0.25, 0.3) is 0 Å². The molecular formula is C15H11FN2O2. The Morgan fingerprint density at radius 1 is 1.05 bits per heavy atom. The van der Waals surface area contributed by atoms with E-state index in [1.54, 1.807) is 12.1 Å². The molecule has 0 saturated heterocycles. The van der Waals surface area contributed by atoms with Gasteiger partial charge in [-0.2, -0.15) is 0 Å². The molecule has 1 heterocycles. The minimum absolute atomic E-state index is 0.249. The monoisotopic (exact) mass is 270 g/mol. The number of nitrogens with zero attached hydrogens (tertiary/aromatic N) is 1. The van der Waals surface area contributed by atoms with Gasteiger partial charge in [0.15, 0.2) is 0 Å². The minimum Gasteiger partial charge on any atom is -0.399 e. The minimum atomic E-state index is -0.481. The Morgan fingerprint density at radius 2 is 1.75 bits per heavy atom. The first kappa shape index (κ1) is 12.3. The third kappa shape index (κ3) is 1.60. The molecule has 20 heavy (non-hydrogen) atoms. The third-order valence-electron chi connectivity index (χ3n) is 3.39. The largest absolute Gasteiger partial charge is 0.399 e. The van der Waals surface area contributed by atoms with Crippen LogP contribution >= 0.6 is 0 Å². The molecule has 4 nitrogen and oxygen atoms in total. The number of carbonyl (C=O) groups is 2. The highest BCUT2D eigenvalue weighted by molar-refractivity contribution is 6.34. The van der Waals surface area contributed by atoms with Crippen LogP contribution in [0.15, 0.2) is 36.4 Å². The van der Waals surface area contributed by atoms with E-state index in [1.165, 1.54) is 31.2 Å². The van der Waals surface area contributed by atoms with Gasteiger partial charge in [0.1, 0.15) is 5.82 Å². The molecule has 0 bridgehead atoms. The Balaban J connectivity index is 2.17. The van der Waals surface area contributed by atoms with Crippen LogP contribution in [0.4, 0.5) is 15.8 Å². The van der Waals surface area contributed by atoms with Crippen LogP contribution in [0.1, 0.15) is 26.3 Å². The summed E-state index contributed by atoms with van der Waals surface area (Å²) in [7, 11) is 0. The lowest BCUT2D eigenvalue weighted by Crippen LogP contribution is -2.30. The smallest absolute Gasteiger partial charge is 0.266 e. The summed E-state index contributed by atoms with van der Waals surface area (Å²) in [4.78, 5) is 25.7. The molecule has 2 amide bonds. The maximum atomic E-state index is 13.6. The number of fused-ring (bicyclic) bond motifs is 1. The van der Waals surface area contributed by atoms with Gasteiger partial charge in [0.2, 0.25) is 0 Å². The van der Waals surface area contributed by atoms with E-state index in [2.05, 4.69) is 0 Å². The summed E-state index contributed by atoms with van der Waals surface area (Å²) in [5, 5.41) is 0. The van der Waals surface area contributed by atoms with Gasteiger partial charge in [-0.25, -0.2) is 9.29 Å². The van der Waals surface area contributed by atoms with Crippen LogP contribution in [-0.2, 0) is 0 Å². The molecule has 0 saturated carbocycles. The second-order valence-corrected chi connectivity index (χ2v) is 4.63. The van der Waals surface area contributed by atoms with E-state index in [1.807, 2.05) is 0 Å². The Kier molecular flexibility index (Phi) is 2.57. The van der Waals surface area contributed by atoms with Crippen molar-refractivity contribution in [3.63, 3.8) is 0 Å². The first-order valence-electron chi connectivity index (χ1n) is 6.04. The molecule has 1 aliphatic rings. The number of anilines is 2. The predicted octanol–water partition coefficient (Wildman–Crippen LogP) is 2.52. The number of hydrogen-bond donors (Lipinski definition) is 1. The number of rotatable bonds is 1. The number of amides is 2. The summed E-state index contributed by atoms with van der Waals surface area (Å²) in [6.45, 7) is 1.53. The summed E-state index contributed by atoms with van der Waals surface area (Å²) >= 11 is 0. The lowest BCUT2D eigenvalue weighted by molar-refractivity contribution is 0.0926. The summed E-state index contributed by atoms with van der Waals surface area (Å²) in [5.41, 5.74) is 7.09. The number of nitrogens with two attached hydrogens (primary N) is 1. The molecule has 0 unspecified atom stereocenters. The fraction of sp³-hybridized carbons (Fsp3) is 0.0667. The second kappa shape index (κ2) is 4.16.